The van der Waals surface area contributed by atoms with Crippen LogP contribution in [0.4, 0.5) is 4.39 Å². The highest BCUT2D eigenvalue weighted by molar-refractivity contribution is 5.55. The monoisotopic (exact) mass is 335 g/mol. The second kappa shape index (κ2) is 6.98. The number of hydrogen-bond acceptors (Lipinski definition) is 5. The van der Waals surface area contributed by atoms with Gasteiger partial charge in [-0.3, -0.25) is 4.90 Å². The zero-order valence-electron chi connectivity index (χ0n) is 13.6. The van der Waals surface area contributed by atoms with Gasteiger partial charge < -0.3 is 19.9 Å². The number of aliphatic hydroxyl groups excluding tert-OH is 1. The molecule has 0 saturated carbocycles. The molecule has 1 aliphatic heterocycles. The zero-order chi connectivity index (χ0) is 17.2. The molecule has 130 valence electrons. The maximum absolute atomic E-state index is 13.0. The Morgan fingerprint density at radius 2 is 2.00 bits per heavy atom. The van der Waals surface area contributed by atoms with Crippen LogP contribution >= 0.6 is 0 Å². The Labute approximate surface area is 139 Å². The van der Waals surface area contributed by atoms with Gasteiger partial charge in [-0.15, -0.1) is 0 Å². The number of ether oxygens (including phenoxy) is 1. The van der Waals surface area contributed by atoms with Crippen LogP contribution in [0.15, 0.2) is 30.5 Å². The predicted molar refractivity (Wildman–Crippen MR) is 86.3 cm³/mol. The molecule has 6 nitrogen and oxygen atoms in total. The first-order valence-corrected chi connectivity index (χ1v) is 8.09. The Hall–Kier alpha value is -1.80. The molecule has 1 aromatic carbocycles. The van der Waals surface area contributed by atoms with Crippen LogP contribution in [0.3, 0.4) is 0 Å². The number of likely N-dealkylation sites (tertiary alicyclic amines) is 1. The Kier molecular flexibility index (Phi) is 4.96. The molecule has 3 N–H and O–H groups in total. The molecule has 2 aromatic rings. The van der Waals surface area contributed by atoms with Crippen molar-refractivity contribution in [2.75, 3.05) is 19.7 Å². The van der Waals surface area contributed by atoms with Crippen molar-refractivity contribution < 1.29 is 19.3 Å². The fourth-order valence-electron chi connectivity index (χ4n) is 2.95. The number of aromatic nitrogens is 2. The molecule has 24 heavy (non-hydrogen) atoms. The molecule has 1 unspecified atom stereocenters. The predicted octanol–water partition coefficient (Wildman–Crippen LogP) is 1.81. The van der Waals surface area contributed by atoms with E-state index in [9.17, 15) is 14.6 Å². The third-order valence-corrected chi connectivity index (χ3v) is 4.45. The van der Waals surface area contributed by atoms with E-state index in [2.05, 4.69) is 9.97 Å². The van der Waals surface area contributed by atoms with Crippen LogP contribution in [0, 0.1) is 5.82 Å². The molecule has 0 aliphatic carbocycles. The number of rotatable bonds is 5. The van der Waals surface area contributed by atoms with E-state index in [1.165, 1.54) is 12.1 Å². The molecule has 1 saturated heterocycles. The summed E-state index contributed by atoms with van der Waals surface area (Å²) in [4.78, 5) is 9.21. The van der Waals surface area contributed by atoms with Crippen molar-refractivity contribution in [2.24, 2.45) is 0 Å². The first-order valence-electron chi connectivity index (χ1n) is 8.09. The third-order valence-electron chi connectivity index (χ3n) is 4.45. The molecule has 1 atom stereocenters. The van der Waals surface area contributed by atoms with Crippen molar-refractivity contribution in [2.45, 2.75) is 31.8 Å². The number of H-pyrrole nitrogens is 1. The standard InChI is InChI=1S/C17H22FN3O3/c1-2-24-16(22)21-9-7-17(23,8-10-21)14-11-19-15(20-14)12-3-5-13(18)6-4-12/h3-6,11,16,22-23H,2,7-10H2,1H3,(H,19,20). The maximum atomic E-state index is 13.0. The quantitative estimate of drug-likeness (QED) is 0.726. The van der Waals surface area contributed by atoms with Crippen LogP contribution < -0.4 is 0 Å². The summed E-state index contributed by atoms with van der Waals surface area (Å²) >= 11 is 0. The van der Waals surface area contributed by atoms with Gasteiger partial charge >= 0.3 is 0 Å². The van der Waals surface area contributed by atoms with E-state index in [4.69, 9.17) is 4.74 Å². The van der Waals surface area contributed by atoms with Crippen molar-refractivity contribution in [3.05, 3.63) is 42.0 Å². The van der Waals surface area contributed by atoms with Gasteiger partial charge in [0, 0.05) is 25.3 Å². The van der Waals surface area contributed by atoms with Crippen LogP contribution in [0.5, 0.6) is 0 Å². The largest absolute Gasteiger partial charge is 0.383 e. The summed E-state index contributed by atoms with van der Waals surface area (Å²) in [5.74, 6) is 0.291. The lowest BCUT2D eigenvalue weighted by molar-refractivity contribution is -0.207. The average molecular weight is 335 g/mol. The number of halogens is 1. The van der Waals surface area contributed by atoms with Gasteiger partial charge in [-0.05, 0) is 44.0 Å². The Bertz CT molecular complexity index is 666. The van der Waals surface area contributed by atoms with Gasteiger partial charge in [-0.1, -0.05) is 0 Å². The summed E-state index contributed by atoms with van der Waals surface area (Å²) in [7, 11) is 0. The molecule has 2 heterocycles. The lowest BCUT2D eigenvalue weighted by atomic mass is 9.89. The summed E-state index contributed by atoms with van der Waals surface area (Å²) in [6.45, 7) is 3.29. The number of piperidine rings is 1. The SMILES string of the molecule is CCOC(O)N1CCC(O)(c2cnc(-c3ccc(F)cc3)[nH]2)CC1. The number of imidazole rings is 1. The van der Waals surface area contributed by atoms with E-state index in [1.54, 1.807) is 23.2 Å². The van der Waals surface area contributed by atoms with Crippen molar-refractivity contribution in [1.82, 2.24) is 14.9 Å². The average Bonchev–Trinajstić information content (AvgIpc) is 3.07. The summed E-state index contributed by atoms with van der Waals surface area (Å²) in [6, 6.07) is 6.03. The summed E-state index contributed by atoms with van der Waals surface area (Å²) < 4.78 is 18.2. The molecule has 1 aliphatic rings. The molecule has 0 bridgehead atoms. The lowest BCUT2D eigenvalue weighted by Gasteiger charge is -2.39. The topological polar surface area (TPSA) is 81.6 Å². The highest BCUT2D eigenvalue weighted by atomic mass is 19.1. The van der Waals surface area contributed by atoms with E-state index >= 15 is 0 Å². The second-order valence-corrected chi connectivity index (χ2v) is 6.00. The molecule has 0 amide bonds. The Morgan fingerprint density at radius 1 is 1.33 bits per heavy atom. The van der Waals surface area contributed by atoms with E-state index in [1.807, 2.05) is 6.92 Å². The molecule has 7 heteroatoms. The van der Waals surface area contributed by atoms with Gasteiger partial charge in [-0.2, -0.15) is 0 Å². The van der Waals surface area contributed by atoms with Gasteiger partial charge in [0.25, 0.3) is 0 Å². The first kappa shape index (κ1) is 17.0. The molecule has 0 radical (unpaired) electrons. The smallest absolute Gasteiger partial charge is 0.216 e. The van der Waals surface area contributed by atoms with Crippen LogP contribution in [0.1, 0.15) is 25.5 Å². The number of nitrogens with one attached hydrogen (secondary N) is 1. The molecule has 0 spiro atoms. The molecule has 1 aromatic heterocycles. The molecular weight excluding hydrogens is 313 g/mol. The van der Waals surface area contributed by atoms with Gasteiger partial charge in [0.1, 0.15) is 17.2 Å². The maximum Gasteiger partial charge on any atom is 0.216 e. The van der Waals surface area contributed by atoms with Crippen molar-refractivity contribution in [3.8, 4) is 11.4 Å². The van der Waals surface area contributed by atoms with Crippen LogP contribution in [-0.4, -0.2) is 51.2 Å². The fourth-order valence-corrected chi connectivity index (χ4v) is 2.95. The second-order valence-electron chi connectivity index (χ2n) is 6.00. The van der Waals surface area contributed by atoms with Crippen LogP contribution in [0.2, 0.25) is 0 Å². The van der Waals surface area contributed by atoms with Crippen molar-refractivity contribution in [3.63, 3.8) is 0 Å². The number of aliphatic hydroxyl groups is 2. The van der Waals surface area contributed by atoms with E-state index in [0.29, 0.717) is 44.1 Å². The minimum Gasteiger partial charge on any atom is -0.383 e. The number of nitrogens with zero attached hydrogens (tertiary/aromatic N) is 2. The minimum atomic E-state index is -1.02. The van der Waals surface area contributed by atoms with E-state index in [-0.39, 0.29) is 5.82 Å². The number of hydrogen-bond donors (Lipinski definition) is 3. The minimum absolute atomic E-state index is 0.301. The molecule has 3 rings (SSSR count). The normalized spacial score (nSPS) is 19.3. The summed E-state index contributed by atoms with van der Waals surface area (Å²) in [5, 5.41) is 20.8. The number of aromatic amines is 1. The van der Waals surface area contributed by atoms with Crippen LogP contribution in [-0.2, 0) is 10.3 Å². The van der Waals surface area contributed by atoms with Crippen molar-refractivity contribution >= 4 is 0 Å². The van der Waals surface area contributed by atoms with E-state index in [0.717, 1.165) is 5.56 Å². The molecular formula is C17H22FN3O3. The third kappa shape index (κ3) is 3.49. The van der Waals surface area contributed by atoms with Crippen molar-refractivity contribution in [1.29, 1.82) is 0 Å². The molecule has 1 fully saturated rings. The highest BCUT2D eigenvalue weighted by Gasteiger charge is 2.37. The summed E-state index contributed by atoms with van der Waals surface area (Å²) in [5.41, 5.74) is 0.371. The van der Waals surface area contributed by atoms with Gasteiger partial charge in [-0.25, -0.2) is 9.37 Å². The van der Waals surface area contributed by atoms with E-state index < -0.39 is 12.0 Å². The van der Waals surface area contributed by atoms with Crippen LogP contribution in [0.25, 0.3) is 11.4 Å². The van der Waals surface area contributed by atoms with Gasteiger partial charge in [0.2, 0.25) is 6.41 Å². The highest BCUT2D eigenvalue weighted by Crippen LogP contribution is 2.33. The Morgan fingerprint density at radius 3 is 2.62 bits per heavy atom. The Balaban J connectivity index is 1.70. The number of benzene rings is 1. The fraction of sp³-hybridized carbons (Fsp3) is 0.471. The summed E-state index contributed by atoms with van der Waals surface area (Å²) in [6.07, 6.45) is 1.61. The van der Waals surface area contributed by atoms with Gasteiger partial charge in [0.15, 0.2) is 0 Å². The zero-order valence-corrected chi connectivity index (χ0v) is 13.6. The van der Waals surface area contributed by atoms with Gasteiger partial charge in [0.05, 0.1) is 11.9 Å². The lowest BCUT2D eigenvalue weighted by Crippen LogP contribution is -2.48. The first-order chi connectivity index (χ1) is 11.5.